The number of nitrogens with zero attached hydrogens (tertiary/aromatic N) is 1. The Balaban J connectivity index is 1.05. The predicted octanol–water partition coefficient (Wildman–Crippen LogP) is 18.1. The number of hydrogen-bond acceptors (Lipinski definition) is 1. The van der Waals surface area contributed by atoms with Crippen LogP contribution in [0.5, 0.6) is 0 Å². The average molecular weight is 826 g/mol. The van der Waals surface area contributed by atoms with Gasteiger partial charge in [-0.1, -0.05) is 231 Å². The molecule has 0 saturated carbocycles. The van der Waals surface area contributed by atoms with E-state index in [4.69, 9.17) is 0 Å². The van der Waals surface area contributed by atoms with Crippen LogP contribution in [-0.4, -0.2) is 0 Å². The van der Waals surface area contributed by atoms with Crippen molar-refractivity contribution < 1.29 is 0 Å². The minimum atomic E-state index is 1.08. The first kappa shape index (κ1) is 38.2. The fourth-order valence-electron chi connectivity index (χ4n) is 10.2. The van der Waals surface area contributed by atoms with Crippen molar-refractivity contribution in [2.24, 2.45) is 0 Å². The first-order chi connectivity index (χ1) is 32.3. The molecule has 0 N–H and O–H groups in total. The fraction of sp³-hybridized carbons (Fsp3) is 0. The summed E-state index contributed by atoms with van der Waals surface area (Å²) in [7, 11) is 0. The quantitative estimate of drug-likeness (QED) is 0.138. The van der Waals surface area contributed by atoms with Crippen LogP contribution >= 0.6 is 0 Å². The van der Waals surface area contributed by atoms with Gasteiger partial charge < -0.3 is 4.90 Å². The van der Waals surface area contributed by atoms with Gasteiger partial charge >= 0.3 is 0 Å². The smallest absolute Gasteiger partial charge is 0.0540 e. The molecule has 0 saturated heterocycles. The van der Waals surface area contributed by atoms with Crippen LogP contribution in [0.3, 0.4) is 0 Å². The summed E-state index contributed by atoms with van der Waals surface area (Å²) in [6.45, 7) is 0. The number of benzene rings is 12. The molecule has 0 aliphatic rings. The normalized spacial score (nSPS) is 11.4. The van der Waals surface area contributed by atoms with Gasteiger partial charge in [0.25, 0.3) is 0 Å². The molecule has 0 aromatic heterocycles. The lowest BCUT2D eigenvalue weighted by atomic mass is 9.85. The molecular formula is C64H43N. The van der Waals surface area contributed by atoms with Gasteiger partial charge in [0, 0.05) is 16.9 Å². The van der Waals surface area contributed by atoms with Crippen LogP contribution in [0, 0.1) is 0 Å². The zero-order valence-corrected chi connectivity index (χ0v) is 35.8. The van der Waals surface area contributed by atoms with Crippen molar-refractivity contribution in [2.45, 2.75) is 0 Å². The van der Waals surface area contributed by atoms with E-state index in [1.807, 2.05) is 0 Å². The molecule has 0 bridgehead atoms. The van der Waals surface area contributed by atoms with Gasteiger partial charge in [-0.15, -0.1) is 0 Å². The van der Waals surface area contributed by atoms with Crippen molar-refractivity contribution in [2.75, 3.05) is 4.90 Å². The molecule has 0 fully saturated rings. The molecule has 12 aromatic carbocycles. The second-order valence-electron chi connectivity index (χ2n) is 16.7. The Labute approximate surface area is 379 Å². The highest BCUT2D eigenvalue weighted by molar-refractivity contribution is 6.23. The van der Waals surface area contributed by atoms with Crippen molar-refractivity contribution in [3.8, 4) is 55.6 Å². The molecule has 0 unspecified atom stereocenters. The van der Waals surface area contributed by atoms with Gasteiger partial charge in [-0.05, 0) is 123 Å². The summed E-state index contributed by atoms with van der Waals surface area (Å²) in [5.41, 5.74) is 15.4. The Morgan fingerprint density at radius 2 is 0.446 bits per heavy atom. The molecule has 1 nitrogen and oxygen atoms in total. The van der Waals surface area contributed by atoms with E-state index in [0.29, 0.717) is 0 Å². The van der Waals surface area contributed by atoms with E-state index in [9.17, 15) is 0 Å². The predicted molar refractivity (Wildman–Crippen MR) is 278 cm³/mol. The summed E-state index contributed by atoms with van der Waals surface area (Å²) < 4.78 is 0. The first-order valence-corrected chi connectivity index (χ1v) is 22.4. The molecule has 65 heavy (non-hydrogen) atoms. The topological polar surface area (TPSA) is 3.24 Å². The molecule has 12 rings (SSSR count). The second-order valence-corrected chi connectivity index (χ2v) is 16.7. The lowest BCUT2D eigenvalue weighted by Crippen LogP contribution is -2.11. The van der Waals surface area contributed by atoms with E-state index >= 15 is 0 Å². The second kappa shape index (κ2) is 16.3. The number of para-hydroxylation sites is 1. The van der Waals surface area contributed by atoms with Gasteiger partial charge in [0.05, 0.1) is 5.69 Å². The highest BCUT2D eigenvalue weighted by Crippen LogP contribution is 2.48. The summed E-state index contributed by atoms with van der Waals surface area (Å²) in [5, 5.41) is 10.1. The Morgan fingerprint density at radius 1 is 0.185 bits per heavy atom. The maximum atomic E-state index is 2.42. The third-order valence-corrected chi connectivity index (χ3v) is 13.0. The van der Waals surface area contributed by atoms with Crippen molar-refractivity contribution in [1.82, 2.24) is 0 Å². The number of fused-ring (bicyclic) bond motifs is 6. The zero-order valence-electron chi connectivity index (χ0n) is 35.8. The number of anilines is 3. The van der Waals surface area contributed by atoms with E-state index < -0.39 is 0 Å². The number of hydrogen-bond donors (Lipinski definition) is 0. The van der Waals surface area contributed by atoms with Gasteiger partial charge in [0.15, 0.2) is 0 Å². The fourth-order valence-corrected chi connectivity index (χ4v) is 10.2. The SMILES string of the molecule is c1ccc(-c2ccccc2N(c2ccc(-c3c(-c4ccccc4)c4ccccc4c4ccccc34)cc2)c2ccc(-c3c(-c4ccccc4)c4ccccc4c4ccccc34)cc2)cc1. The van der Waals surface area contributed by atoms with Crippen LogP contribution in [-0.2, 0) is 0 Å². The molecule has 0 aliphatic heterocycles. The molecule has 304 valence electrons. The molecule has 12 aromatic rings. The van der Waals surface area contributed by atoms with Gasteiger partial charge in [-0.25, -0.2) is 0 Å². The summed E-state index contributed by atoms with van der Waals surface area (Å²) in [6.07, 6.45) is 0. The van der Waals surface area contributed by atoms with Crippen LogP contribution in [0.15, 0.2) is 261 Å². The first-order valence-electron chi connectivity index (χ1n) is 22.4. The van der Waals surface area contributed by atoms with Gasteiger partial charge in [-0.2, -0.15) is 0 Å². The van der Waals surface area contributed by atoms with Crippen molar-refractivity contribution in [3.63, 3.8) is 0 Å². The largest absolute Gasteiger partial charge is 0.310 e. The van der Waals surface area contributed by atoms with Crippen LogP contribution in [0.25, 0.3) is 98.7 Å². The zero-order chi connectivity index (χ0) is 43.1. The third-order valence-electron chi connectivity index (χ3n) is 13.0. The molecule has 0 spiro atoms. The summed E-state index contributed by atoms with van der Waals surface area (Å²) in [4.78, 5) is 2.42. The summed E-state index contributed by atoms with van der Waals surface area (Å²) in [6, 6.07) is 95.1. The van der Waals surface area contributed by atoms with Crippen molar-refractivity contribution >= 4 is 60.2 Å². The van der Waals surface area contributed by atoms with Gasteiger partial charge in [0.1, 0.15) is 0 Å². The highest BCUT2D eigenvalue weighted by atomic mass is 15.1. The van der Waals surface area contributed by atoms with Gasteiger partial charge in [0.2, 0.25) is 0 Å². The Hall–Kier alpha value is -8.52. The summed E-state index contributed by atoms with van der Waals surface area (Å²) >= 11 is 0. The van der Waals surface area contributed by atoms with E-state index in [1.54, 1.807) is 0 Å². The lowest BCUT2D eigenvalue weighted by molar-refractivity contribution is 1.28. The Morgan fingerprint density at radius 3 is 0.800 bits per heavy atom. The van der Waals surface area contributed by atoms with Crippen LogP contribution < -0.4 is 4.90 Å². The molecule has 1 heteroatoms. The molecule has 0 aliphatic carbocycles. The number of rotatable bonds is 8. The van der Waals surface area contributed by atoms with E-state index in [0.717, 1.165) is 17.1 Å². The average Bonchev–Trinajstić information content (AvgIpc) is 3.39. The lowest BCUT2D eigenvalue weighted by Gasteiger charge is -2.28. The molecular weight excluding hydrogens is 783 g/mol. The molecule has 0 amide bonds. The van der Waals surface area contributed by atoms with Crippen LogP contribution in [0.1, 0.15) is 0 Å². The molecule has 0 heterocycles. The monoisotopic (exact) mass is 825 g/mol. The molecule has 0 radical (unpaired) electrons. The van der Waals surface area contributed by atoms with E-state index in [1.165, 1.54) is 98.7 Å². The Kier molecular flexibility index (Phi) is 9.58. The van der Waals surface area contributed by atoms with Crippen LogP contribution in [0.2, 0.25) is 0 Å². The summed E-state index contributed by atoms with van der Waals surface area (Å²) in [5.74, 6) is 0. The van der Waals surface area contributed by atoms with E-state index in [-0.39, 0.29) is 0 Å². The molecule has 0 atom stereocenters. The van der Waals surface area contributed by atoms with E-state index in [2.05, 4.69) is 266 Å². The van der Waals surface area contributed by atoms with Gasteiger partial charge in [-0.3, -0.25) is 0 Å². The minimum Gasteiger partial charge on any atom is -0.310 e. The Bertz CT molecular complexity index is 3460. The maximum Gasteiger partial charge on any atom is 0.0540 e. The van der Waals surface area contributed by atoms with Crippen molar-refractivity contribution in [3.05, 3.63) is 261 Å². The standard InChI is InChI=1S/C64H43N/c1-4-20-44(21-5-1)51-26-18-19-35-60(51)65(49-40-36-47(37-41-49)63-58-33-16-12-29-54(58)52-27-10-14-31-56(52)61(63)45-22-6-2-7-23-45)50-42-38-48(39-43-50)64-59-34-17-13-30-55(59)53-28-11-15-32-57(53)62(64)46-24-8-3-9-25-46/h1-43H. The van der Waals surface area contributed by atoms with Crippen LogP contribution in [0.4, 0.5) is 17.1 Å². The maximum absolute atomic E-state index is 2.42. The highest BCUT2D eigenvalue weighted by Gasteiger charge is 2.22. The third kappa shape index (κ3) is 6.65. The van der Waals surface area contributed by atoms with Crippen molar-refractivity contribution in [1.29, 1.82) is 0 Å². The minimum absolute atomic E-state index is 1.08.